The average Bonchev–Trinajstić information content (AvgIpc) is 2.86. The zero-order valence-electron chi connectivity index (χ0n) is 10.6. The number of fused-ring (bicyclic) bond motifs is 1. The summed E-state index contributed by atoms with van der Waals surface area (Å²) >= 11 is 0. The van der Waals surface area contributed by atoms with Crippen molar-refractivity contribution >= 4 is 22.5 Å². The van der Waals surface area contributed by atoms with E-state index >= 15 is 0 Å². The second-order valence-electron chi connectivity index (χ2n) is 4.54. The van der Waals surface area contributed by atoms with E-state index in [4.69, 9.17) is 5.73 Å². The number of hydrogen-bond acceptors (Lipinski definition) is 3. The van der Waals surface area contributed by atoms with Gasteiger partial charge in [-0.3, -0.25) is 9.89 Å². The van der Waals surface area contributed by atoms with Crippen LogP contribution < -0.4 is 11.1 Å². The van der Waals surface area contributed by atoms with Crippen molar-refractivity contribution < 1.29 is 4.79 Å². The van der Waals surface area contributed by atoms with Crippen LogP contribution in [0.15, 0.2) is 24.4 Å². The number of carbonyl (C=O) groups is 1. The minimum atomic E-state index is -0.492. The molecular weight excluding hydrogens is 228 g/mol. The third kappa shape index (κ3) is 2.36. The van der Waals surface area contributed by atoms with E-state index in [1.807, 2.05) is 32.0 Å². The lowest BCUT2D eigenvalue weighted by molar-refractivity contribution is -0.118. The molecule has 0 aliphatic carbocycles. The fraction of sp³-hybridized carbons (Fsp3) is 0.385. The average molecular weight is 246 g/mol. The van der Waals surface area contributed by atoms with Crippen molar-refractivity contribution in [1.82, 2.24) is 10.2 Å². The molecule has 1 amide bonds. The molecule has 0 saturated heterocycles. The fourth-order valence-electron chi connectivity index (χ4n) is 1.80. The summed E-state index contributed by atoms with van der Waals surface area (Å²) < 4.78 is 0. The fourth-order valence-corrected chi connectivity index (χ4v) is 1.80. The summed E-state index contributed by atoms with van der Waals surface area (Å²) in [6.07, 6.45) is 2.60. The zero-order valence-corrected chi connectivity index (χ0v) is 10.6. The molecule has 0 radical (unpaired) electrons. The molecule has 1 heterocycles. The maximum Gasteiger partial charge on any atom is 0.241 e. The summed E-state index contributed by atoms with van der Waals surface area (Å²) in [5.41, 5.74) is 7.44. The predicted molar refractivity (Wildman–Crippen MR) is 72.2 cm³/mol. The van der Waals surface area contributed by atoms with Crippen LogP contribution in [0.1, 0.15) is 20.3 Å². The molecule has 0 unspecified atom stereocenters. The highest BCUT2D eigenvalue weighted by atomic mass is 16.2. The highest BCUT2D eigenvalue weighted by molar-refractivity contribution is 6.02. The van der Waals surface area contributed by atoms with Crippen LogP contribution in [-0.4, -0.2) is 22.1 Å². The molecule has 0 spiro atoms. The van der Waals surface area contributed by atoms with Crippen LogP contribution in [0.2, 0.25) is 0 Å². The van der Waals surface area contributed by atoms with E-state index in [0.29, 0.717) is 5.69 Å². The quantitative estimate of drug-likeness (QED) is 0.770. The van der Waals surface area contributed by atoms with Gasteiger partial charge in [-0.05, 0) is 12.0 Å². The van der Waals surface area contributed by atoms with Crippen LogP contribution in [0.25, 0.3) is 10.9 Å². The van der Waals surface area contributed by atoms with Gasteiger partial charge in [0, 0.05) is 5.39 Å². The minimum Gasteiger partial charge on any atom is -0.323 e. The van der Waals surface area contributed by atoms with Gasteiger partial charge in [-0.25, -0.2) is 0 Å². The number of hydrogen-bond donors (Lipinski definition) is 3. The molecule has 0 fully saturated rings. The first-order valence-electron chi connectivity index (χ1n) is 6.12. The van der Waals surface area contributed by atoms with Gasteiger partial charge in [0.2, 0.25) is 5.91 Å². The number of aromatic amines is 1. The van der Waals surface area contributed by atoms with E-state index in [-0.39, 0.29) is 11.8 Å². The Bertz CT molecular complexity index is 549. The smallest absolute Gasteiger partial charge is 0.241 e. The Kier molecular flexibility index (Phi) is 3.62. The van der Waals surface area contributed by atoms with Gasteiger partial charge in [-0.2, -0.15) is 5.10 Å². The molecule has 5 heteroatoms. The van der Waals surface area contributed by atoms with Crippen LogP contribution in [0, 0.1) is 5.92 Å². The maximum absolute atomic E-state index is 12.0. The first kappa shape index (κ1) is 12.6. The Morgan fingerprint density at radius 1 is 1.56 bits per heavy atom. The Balaban J connectivity index is 2.19. The zero-order chi connectivity index (χ0) is 13.1. The van der Waals surface area contributed by atoms with E-state index in [0.717, 1.165) is 17.3 Å². The number of aromatic nitrogens is 2. The van der Waals surface area contributed by atoms with Gasteiger partial charge in [0.05, 0.1) is 23.4 Å². The number of rotatable bonds is 4. The second-order valence-corrected chi connectivity index (χ2v) is 4.54. The first-order chi connectivity index (χ1) is 8.63. The number of benzene rings is 1. The lowest BCUT2D eigenvalue weighted by atomic mass is 9.99. The molecule has 4 N–H and O–H groups in total. The van der Waals surface area contributed by atoms with Gasteiger partial charge in [0.1, 0.15) is 0 Å². The number of para-hydroxylation sites is 1. The lowest BCUT2D eigenvalue weighted by Crippen LogP contribution is -2.40. The molecule has 0 saturated carbocycles. The second kappa shape index (κ2) is 5.18. The molecule has 0 bridgehead atoms. The van der Waals surface area contributed by atoms with E-state index in [1.54, 1.807) is 6.20 Å². The Labute approximate surface area is 106 Å². The summed E-state index contributed by atoms with van der Waals surface area (Å²) in [5, 5.41) is 10.6. The summed E-state index contributed by atoms with van der Waals surface area (Å²) in [5.74, 6) is -0.00239. The number of nitrogens with two attached hydrogens (primary N) is 1. The SMILES string of the molecule is CC[C@H](C)[C@H](N)C(=O)Nc1cccc2cn[nH]c12. The highest BCUT2D eigenvalue weighted by Crippen LogP contribution is 2.21. The maximum atomic E-state index is 12.0. The van der Waals surface area contributed by atoms with E-state index in [1.165, 1.54) is 0 Å². The largest absolute Gasteiger partial charge is 0.323 e. The van der Waals surface area contributed by atoms with Gasteiger partial charge < -0.3 is 11.1 Å². The third-order valence-electron chi connectivity index (χ3n) is 3.29. The Morgan fingerprint density at radius 2 is 2.33 bits per heavy atom. The summed E-state index contributed by atoms with van der Waals surface area (Å²) in [6, 6.07) is 5.15. The minimum absolute atomic E-state index is 0.158. The molecule has 0 aliphatic rings. The molecule has 2 atom stereocenters. The molecule has 2 aromatic rings. The summed E-state index contributed by atoms with van der Waals surface area (Å²) in [6.45, 7) is 3.99. The molecule has 1 aromatic carbocycles. The van der Waals surface area contributed by atoms with Gasteiger partial charge in [-0.15, -0.1) is 0 Å². The first-order valence-corrected chi connectivity index (χ1v) is 6.12. The van der Waals surface area contributed by atoms with Crippen molar-refractivity contribution in [2.75, 3.05) is 5.32 Å². The molecule has 18 heavy (non-hydrogen) atoms. The van der Waals surface area contributed by atoms with Gasteiger partial charge in [0.25, 0.3) is 0 Å². The van der Waals surface area contributed by atoms with Gasteiger partial charge >= 0.3 is 0 Å². The molecule has 5 nitrogen and oxygen atoms in total. The number of anilines is 1. The number of nitrogens with zero attached hydrogens (tertiary/aromatic N) is 1. The number of amides is 1. The predicted octanol–water partition coefficient (Wildman–Crippen LogP) is 1.87. The Hall–Kier alpha value is -1.88. The van der Waals surface area contributed by atoms with Crippen LogP contribution in [-0.2, 0) is 4.79 Å². The third-order valence-corrected chi connectivity index (χ3v) is 3.29. The number of nitrogens with one attached hydrogen (secondary N) is 2. The van der Waals surface area contributed by atoms with Crippen molar-refractivity contribution in [3.63, 3.8) is 0 Å². The van der Waals surface area contributed by atoms with Crippen LogP contribution in [0.3, 0.4) is 0 Å². The van der Waals surface area contributed by atoms with Gasteiger partial charge in [0.15, 0.2) is 0 Å². The van der Waals surface area contributed by atoms with Crippen LogP contribution >= 0.6 is 0 Å². The standard InChI is InChI=1S/C13H18N4O/c1-3-8(2)11(14)13(18)16-10-6-4-5-9-7-15-17-12(9)10/h4-8,11H,3,14H2,1-2H3,(H,15,17)(H,16,18)/t8-,11-/m0/s1. The van der Waals surface area contributed by atoms with Crippen molar-refractivity contribution in [2.24, 2.45) is 11.7 Å². The molecule has 96 valence electrons. The van der Waals surface area contributed by atoms with E-state index in [2.05, 4.69) is 15.5 Å². The van der Waals surface area contributed by atoms with Crippen molar-refractivity contribution in [3.05, 3.63) is 24.4 Å². The topological polar surface area (TPSA) is 83.8 Å². The molecular formula is C13H18N4O. The summed E-state index contributed by atoms with van der Waals surface area (Å²) in [4.78, 5) is 12.0. The molecule has 1 aromatic heterocycles. The normalized spacial score (nSPS) is 14.4. The monoisotopic (exact) mass is 246 g/mol. The highest BCUT2D eigenvalue weighted by Gasteiger charge is 2.20. The lowest BCUT2D eigenvalue weighted by Gasteiger charge is -2.17. The van der Waals surface area contributed by atoms with E-state index < -0.39 is 6.04 Å². The summed E-state index contributed by atoms with van der Waals surface area (Å²) in [7, 11) is 0. The van der Waals surface area contributed by atoms with Crippen molar-refractivity contribution in [3.8, 4) is 0 Å². The van der Waals surface area contributed by atoms with Crippen LogP contribution in [0.5, 0.6) is 0 Å². The van der Waals surface area contributed by atoms with Gasteiger partial charge in [-0.1, -0.05) is 32.4 Å². The molecule has 2 rings (SSSR count). The van der Waals surface area contributed by atoms with Crippen LogP contribution in [0.4, 0.5) is 5.69 Å². The Morgan fingerprint density at radius 3 is 3.06 bits per heavy atom. The van der Waals surface area contributed by atoms with E-state index in [9.17, 15) is 4.79 Å². The number of H-pyrrole nitrogens is 1. The van der Waals surface area contributed by atoms with Crippen molar-refractivity contribution in [1.29, 1.82) is 0 Å². The molecule has 0 aliphatic heterocycles. The van der Waals surface area contributed by atoms with Crippen molar-refractivity contribution in [2.45, 2.75) is 26.3 Å². The number of carbonyl (C=O) groups excluding carboxylic acids is 1.